The molecule has 2 aromatic rings. The Morgan fingerprint density at radius 2 is 1.77 bits per heavy atom. The Labute approximate surface area is 152 Å². The number of ether oxygens (including phenoxy) is 1. The Bertz CT molecular complexity index is 784. The molecule has 2 aromatic carbocycles. The number of nitrogens with one attached hydrogen (secondary N) is 1. The normalized spacial score (nSPS) is 11.7. The molecule has 0 aliphatic rings. The van der Waals surface area contributed by atoms with Crippen LogP contribution in [-0.2, 0) is 14.3 Å². The molecular formula is C18H16F3NO3S. The van der Waals surface area contributed by atoms with E-state index in [1.54, 1.807) is 0 Å². The zero-order chi connectivity index (χ0) is 19.1. The van der Waals surface area contributed by atoms with Gasteiger partial charge in [-0.2, -0.15) is 0 Å². The molecule has 4 nitrogen and oxygen atoms in total. The molecule has 2 rings (SSSR count). The van der Waals surface area contributed by atoms with Crippen LogP contribution < -0.4 is 5.32 Å². The van der Waals surface area contributed by atoms with E-state index in [1.807, 2.05) is 0 Å². The van der Waals surface area contributed by atoms with Crippen LogP contribution in [0, 0.1) is 17.5 Å². The molecule has 0 aromatic heterocycles. The number of carbonyl (C=O) groups is 2. The summed E-state index contributed by atoms with van der Waals surface area (Å²) >= 11 is 1.17. The SMILES string of the molecule is C[C@@H](OC(=O)CCSc1ccc(F)c(F)c1)C(=O)Nc1ccc(F)cc1. The quantitative estimate of drug-likeness (QED) is 0.576. The van der Waals surface area contributed by atoms with Crippen LogP contribution in [0.5, 0.6) is 0 Å². The van der Waals surface area contributed by atoms with Gasteiger partial charge in [0.2, 0.25) is 0 Å². The summed E-state index contributed by atoms with van der Waals surface area (Å²) in [6.45, 7) is 1.42. The summed E-state index contributed by atoms with van der Waals surface area (Å²) in [6, 6.07) is 8.64. The minimum atomic E-state index is -1.03. The van der Waals surface area contributed by atoms with Crippen molar-refractivity contribution in [2.24, 2.45) is 0 Å². The van der Waals surface area contributed by atoms with Crippen LogP contribution in [-0.4, -0.2) is 23.7 Å². The minimum Gasteiger partial charge on any atom is -0.453 e. The number of carbonyl (C=O) groups excluding carboxylic acids is 2. The van der Waals surface area contributed by atoms with E-state index in [2.05, 4.69) is 5.32 Å². The molecule has 0 aliphatic heterocycles. The van der Waals surface area contributed by atoms with Crippen molar-refractivity contribution < 1.29 is 27.5 Å². The van der Waals surface area contributed by atoms with E-state index in [-0.39, 0.29) is 12.2 Å². The first-order valence-electron chi connectivity index (χ1n) is 7.69. The van der Waals surface area contributed by atoms with Crippen LogP contribution in [0.3, 0.4) is 0 Å². The second-order valence-electron chi connectivity index (χ2n) is 5.30. The number of halogens is 3. The lowest BCUT2D eigenvalue weighted by Crippen LogP contribution is -2.30. The fraction of sp³-hybridized carbons (Fsp3) is 0.222. The number of hydrogen-bond donors (Lipinski definition) is 1. The van der Waals surface area contributed by atoms with Crippen LogP contribution >= 0.6 is 11.8 Å². The first-order chi connectivity index (χ1) is 12.3. The third-order valence-electron chi connectivity index (χ3n) is 3.26. The summed E-state index contributed by atoms with van der Waals surface area (Å²) < 4.78 is 43.7. The molecule has 1 N–H and O–H groups in total. The van der Waals surface area contributed by atoms with Gasteiger partial charge in [-0.15, -0.1) is 11.8 Å². The van der Waals surface area contributed by atoms with E-state index in [9.17, 15) is 22.8 Å². The van der Waals surface area contributed by atoms with Gasteiger partial charge in [0.25, 0.3) is 5.91 Å². The second-order valence-corrected chi connectivity index (χ2v) is 6.47. The predicted octanol–water partition coefficient (Wildman–Crippen LogP) is 4.16. The highest BCUT2D eigenvalue weighted by atomic mass is 32.2. The van der Waals surface area contributed by atoms with Crippen molar-refractivity contribution >= 4 is 29.3 Å². The second kappa shape index (κ2) is 9.28. The predicted molar refractivity (Wildman–Crippen MR) is 92.3 cm³/mol. The maximum Gasteiger partial charge on any atom is 0.307 e. The highest BCUT2D eigenvalue weighted by Crippen LogP contribution is 2.21. The Morgan fingerprint density at radius 3 is 2.42 bits per heavy atom. The van der Waals surface area contributed by atoms with E-state index >= 15 is 0 Å². The van der Waals surface area contributed by atoms with Gasteiger partial charge in [0.05, 0.1) is 6.42 Å². The molecule has 0 heterocycles. The molecule has 1 atom stereocenters. The molecule has 0 bridgehead atoms. The van der Waals surface area contributed by atoms with Crippen molar-refractivity contribution in [1.82, 2.24) is 0 Å². The number of benzene rings is 2. The van der Waals surface area contributed by atoms with E-state index in [4.69, 9.17) is 4.74 Å². The summed E-state index contributed by atoms with van der Waals surface area (Å²) in [6.07, 6.45) is -1.03. The van der Waals surface area contributed by atoms with Gasteiger partial charge >= 0.3 is 5.97 Å². The molecule has 138 valence electrons. The van der Waals surface area contributed by atoms with Gasteiger partial charge in [-0.25, -0.2) is 13.2 Å². The molecule has 8 heteroatoms. The van der Waals surface area contributed by atoms with Gasteiger partial charge in [0, 0.05) is 16.3 Å². The van der Waals surface area contributed by atoms with E-state index < -0.39 is 35.4 Å². The van der Waals surface area contributed by atoms with Crippen LogP contribution in [0.1, 0.15) is 13.3 Å². The summed E-state index contributed by atoms with van der Waals surface area (Å²) in [7, 11) is 0. The molecule has 26 heavy (non-hydrogen) atoms. The zero-order valence-electron chi connectivity index (χ0n) is 13.8. The first-order valence-corrected chi connectivity index (χ1v) is 8.67. The van der Waals surface area contributed by atoms with Gasteiger partial charge in [0.15, 0.2) is 17.7 Å². The maximum atomic E-state index is 13.1. The summed E-state index contributed by atoms with van der Waals surface area (Å²) in [4.78, 5) is 24.2. The number of esters is 1. The number of hydrogen-bond acceptors (Lipinski definition) is 4. The van der Waals surface area contributed by atoms with E-state index in [1.165, 1.54) is 49.0 Å². The molecule has 0 spiro atoms. The Balaban J connectivity index is 1.74. The maximum absolute atomic E-state index is 13.1. The molecule has 0 saturated heterocycles. The Kier molecular flexibility index (Phi) is 7.08. The summed E-state index contributed by atoms with van der Waals surface area (Å²) in [5.41, 5.74) is 0.383. The third-order valence-corrected chi connectivity index (χ3v) is 4.25. The minimum absolute atomic E-state index is 0.00215. The fourth-order valence-corrected chi connectivity index (χ4v) is 2.76. The van der Waals surface area contributed by atoms with Crippen molar-refractivity contribution in [3.8, 4) is 0 Å². The monoisotopic (exact) mass is 383 g/mol. The average molecular weight is 383 g/mol. The third kappa shape index (κ3) is 6.11. The molecule has 1 amide bonds. The molecule has 0 saturated carbocycles. The van der Waals surface area contributed by atoms with Crippen LogP contribution in [0.2, 0.25) is 0 Å². The van der Waals surface area contributed by atoms with Gasteiger partial charge in [-0.1, -0.05) is 0 Å². The van der Waals surface area contributed by atoms with Crippen molar-refractivity contribution in [2.45, 2.75) is 24.3 Å². The lowest BCUT2D eigenvalue weighted by atomic mass is 10.3. The number of anilines is 1. The van der Waals surface area contributed by atoms with E-state index in [0.29, 0.717) is 10.6 Å². The highest BCUT2D eigenvalue weighted by Gasteiger charge is 2.18. The molecule has 0 unspecified atom stereocenters. The van der Waals surface area contributed by atoms with Gasteiger partial charge in [0.1, 0.15) is 5.82 Å². The van der Waals surface area contributed by atoms with Crippen LogP contribution in [0.15, 0.2) is 47.4 Å². The zero-order valence-corrected chi connectivity index (χ0v) is 14.6. The highest BCUT2D eigenvalue weighted by molar-refractivity contribution is 7.99. The number of amides is 1. The lowest BCUT2D eigenvalue weighted by Gasteiger charge is -2.13. The van der Waals surface area contributed by atoms with E-state index in [0.717, 1.165) is 12.1 Å². The smallest absolute Gasteiger partial charge is 0.307 e. The van der Waals surface area contributed by atoms with Gasteiger partial charge in [-0.3, -0.25) is 9.59 Å². The van der Waals surface area contributed by atoms with Gasteiger partial charge in [-0.05, 0) is 49.4 Å². The number of rotatable bonds is 7. The van der Waals surface area contributed by atoms with Crippen molar-refractivity contribution in [1.29, 1.82) is 0 Å². The van der Waals surface area contributed by atoms with Crippen molar-refractivity contribution in [2.75, 3.05) is 11.1 Å². The lowest BCUT2D eigenvalue weighted by molar-refractivity contribution is -0.152. The first kappa shape index (κ1) is 19.8. The Hall–Kier alpha value is -2.48. The van der Waals surface area contributed by atoms with Crippen LogP contribution in [0.25, 0.3) is 0 Å². The van der Waals surface area contributed by atoms with Crippen LogP contribution in [0.4, 0.5) is 18.9 Å². The summed E-state index contributed by atoms with van der Waals surface area (Å²) in [5.74, 6) is -3.17. The Morgan fingerprint density at radius 1 is 1.08 bits per heavy atom. The molecule has 0 radical (unpaired) electrons. The fourth-order valence-electron chi connectivity index (χ4n) is 1.91. The van der Waals surface area contributed by atoms with Crippen molar-refractivity contribution in [3.63, 3.8) is 0 Å². The van der Waals surface area contributed by atoms with Gasteiger partial charge < -0.3 is 10.1 Å². The standard InChI is InChI=1S/C18H16F3NO3S/c1-11(18(24)22-13-4-2-12(19)3-5-13)25-17(23)8-9-26-14-6-7-15(20)16(21)10-14/h2-7,10-11H,8-9H2,1H3,(H,22,24)/t11-/m1/s1. The molecule has 0 aliphatic carbocycles. The molecular weight excluding hydrogens is 367 g/mol. The summed E-state index contributed by atoms with van der Waals surface area (Å²) in [5, 5.41) is 2.50. The number of thioether (sulfide) groups is 1. The average Bonchev–Trinajstić information content (AvgIpc) is 2.60. The topological polar surface area (TPSA) is 55.4 Å². The van der Waals surface area contributed by atoms with Crippen molar-refractivity contribution in [3.05, 3.63) is 59.9 Å². The molecule has 0 fully saturated rings. The largest absolute Gasteiger partial charge is 0.453 e.